The van der Waals surface area contributed by atoms with Gasteiger partial charge >= 0.3 is 0 Å². The topological polar surface area (TPSA) is 58.6 Å². The predicted molar refractivity (Wildman–Crippen MR) is 117 cm³/mol. The number of nitrogens with one attached hydrogen (secondary N) is 1. The van der Waals surface area contributed by atoms with Crippen molar-refractivity contribution in [1.29, 1.82) is 0 Å². The van der Waals surface area contributed by atoms with E-state index in [0.717, 1.165) is 36.1 Å². The molecule has 1 N–H and O–H groups in total. The van der Waals surface area contributed by atoms with Gasteiger partial charge in [0.05, 0.1) is 11.7 Å². The first-order chi connectivity index (χ1) is 14.9. The van der Waals surface area contributed by atoms with Crippen LogP contribution in [0.2, 0.25) is 5.02 Å². The molecule has 31 heavy (non-hydrogen) atoms. The number of hydrogen-bond acceptors (Lipinski definition) is 3. The molecule has 2 aliphatic rings. The van der Waals surface area contributed by atoms with Crippen LogP contribution in [-0.2, 0) is 17.6 Å². The van der Waals surface area contributed by atoms with E-state index >= 15 is 0 Å². The second kappa shape index (κ2) is 8.97. The summed E-state index contributed by atoms with van der Waals surface area (Å²) in [5, 5.41) is 3.04. The van der Waals surface area contributed by atoms with Crippen molar-refractivity contribution in [3.8, 4) is 0 Å². The van der Waals surface area contributed by atoms with Crippen molar-refractivity contribution in [1.82, 2.24) is 10.2 Å². The van der Waals surface area contributed by atoms with Gasteiger partial charge in [0.1, 0.15) is 5.82 Å². The zero-order chi connectivity index (χ0) is 22.1. The molecule has 0 bridgehead atoms. The SMILES string of the molecule is CNC(=O)c1ccc(Cc2cc3c(c(Cl)c2C)CCN(CC2CCCO2)C3=O)cc1F. The van der Waals surface area contributed by atoms with Gasteiger partial charge in [0.25, 0.3) is 11.8 Å². The van der Waals surface area contributed by atoms with Crippen LogP contribution in [0.15, 0.2) is 24.3 Å². The van der Waals surface area contributed by atoms with Crippen molar-refractivity contribution in [2.24, 2.45) is 0 Å². The molecule has 4 rings (SSSR count). The van der Waals surface area contributed by atoms with Crippen LogP contribution in [0.3, 0.4) is 0 Å². The van der Waals surface area contributed by atoms with E-state index in [2.05, 4.69) is 5.32 Å². The summed E-state index contributed by atoms with van der Waals surface area (Å²) in [5.41, 5.74) is 4.00. The number of hydrogen-bond donors (Lipinski definition) is 1. The van der Waals surface area contributed by atoms with Gasteiger partial charge in [-0.25, -0.2) is 4.39 Å². The molecule has 7 heteroatoms. The highest BCUT2D eigenvalue weighted by Gasteiger charge is 2.30. The first-order valence-corrected chi connectivity index (χ1v) is 11.0. The highest BCUT2D eigenvalue weighted by atomic mass is 35.5. The van der Waals surface area contributed by atoms with E-state index < -0.39 is 11.7 Å². The Hall–Kier alpha value is -2.44. The second-order valence-electron chi connectivity index (χ2n) is 8.21. The summed E-state index contributed by atoms with van der Waals surface area (Å²) >= 11 is 6.66. The molecular formula is C24H26ClFN2O3. The molecule has 1 saturated heterocycles. The van der Waals surface area contributed by atoms with E-state index in [1.54, 1.807) is 6.07 Å². The largest absolute Gasteiger partial charge is 0.376 e. The third-order valence-corrected chi connectivity index (χ3v) is 6.73. The number of halogens is 2. The number of amides is 2. The van der Waals surface area contributed by atoms with E-state index in [4.69, 9.17) is 16.3 Å². The van der Waals surface area contributed by atoms with E-state index in [-0.39, 0.29) is 17.6 Å². The minimum Gasteiger partial charge on any atom is -0.376 e. The molecule has 2 aromatic carbocycles. The fourth-order valence-electron chi connectivity index (χ4n) is 4.41. The van der Waals surface area contributed by atoms with Crippen LogP contribution in [0, 0.1) is 12.7 Å². The molecule has 0 spiro atoms. The number of nitrogens with zero attached hydrogens (tertiary/aromatic N) is 1. The minimum atomic E-state index is -0.572. The van der Waals surface area contributed by atoms with E-state index in [1.807, 2.05) is 17.9 Å². The molecule has 164 valence electrons. The van der Waals surface area contributed by atoms with Gasteiger partial charge in [-0.05, 0) is 73.1 Å². The van der Waals surface area contributed by atoms with Crippen LogP contribution < -0.4 is 5.32 Å². The zero-order valence-corrected chi connectivity index (χ0v) is 18.5. The maximum atomic E-state index is 14.4. The highest BCUT2D eigenvalue weighted by Crippen LogP contribution is 2.33. The molecule has 0 aromatic heterocycles. The Kier molecular flexibility index (Phi) is 6.30. The quantitative estimate of drug-likeness (QED) is 0.760. The second-order valence-corrected chi connectivity index (χ2v) is 8.59. The van der Waals surface area contributed by atoms with Gasteiger partial charge in [0.2, 0.25) is 0 Å². The summed E-state index contributed by atoms with van der Waals surface area (Å²) < 4.78 is 20.1. The molecule has 5 nitrogen and oxygen atoms in total. The third-order valence-electron chi connectivity index (χ3n) is 6.22. The monoisotopic (exact) mass is 444 g/mol. The molecule has 2 aromatic rings. The summed E-state index contributed by atoms with van der Waals surface area (Å²) in [7, 11) is 1.47. The highest BCUT2D eigenvalue weighted by molar-refractivity contribution is 6.32. The molecule has 2 aliphatic heterocycles. The molecule has 2 heterocycles. The van der Waals surface area contributed by atoms with Gasteiger partial charge in [0.15, 0.2) is 0 Å². The summed E-state index contributed by atoms with van der Waals surface area (Å²) in [6.45, 7) is 3.92. The zero-order valence-electron chi connectivity index (χ0n) is 17.8. The van der Waals surface area contributed by atoms with E-state index in [9.17, 15) is 14.0 Å². The smallest absolute Gasteiger partial charge is 0.254 e. The lowest BCUT2D eigenvalue weighted by atomic mass is 9.90. The van der Waals surface area contributed by atoms with Crippen LogP contribution in [0.1, 0.15) is 55.8 Å². The van der Waals surface area contributed by atoms with Crippen LogP contribution in [0.4, 0.5) is 4.39 Å². The van der Waals surface area contributed by atoms with Gasteiger partial charge in [-0.3, -0.25) is 9.59 Å². The van der Waals surface area contributed by atoms with Crippen molar-refractivity contribution >= 4 is 23.4 Å². The number of carbonyl (C=O) groups excluding carboxylic acids is 2. The molecule has 0 radical (unpaired) electrons. The average molecular weight is 445 g/mol. The van der Waals surface area contributed by atoms with Gasteiger partial charge in [-0.2, -0.15) is 0 Å². The van der Waals surface area contributed by atoms with E-state index in [0.29, 0.717) is 42.1 Å². The van der Waals surface area contributed by atoms with Crippen molar-refractivity contribution < 1.29 is 18.7 Å². The lowest BCUT2D eigenvalue weighted by Gasteiger charge is -2.31. The van der Waals surface area contributed by atoms with Crippen LogP contribution in [0.25, 0.3) is 0 Å². The summed E-state index contributed by atoms with van der Waals surface area (Å²) in [6.07, 6.45) is 3.25. The Morgan fingerprint density at radius 3 is 2.84 bits per heavy atom. The van der Waals surface area contributed by atoms with Crippen LogP contribution in [0.5, 0.6) is 0 Å². The first kappa shape index (κ1) is 21.8. The number of ether oxygens (including phenoxy) is 1. The number of carbonyl (C=O) groups is 2. The summed E-state index contributed by atoms with van der Waals surface area (Å²) in [6, 6.07) is 6.47. The molecule has 1 fully saturated rings. The number of fused-ring (bicyclic) bond motifs is 1. The molecule has 1 atom stereocenters. The molecule has 0 saturated carbocycles. The number of rotatable bonds is 5. The lowest BCUT2D eigenvalue weighted by molar-refractivity contribution is 0.0510. The molecule has 1 unspecified atom stereocenters. The van der Waals surface area contributed by atoms with Crippen molar-refractivity contribution in [2.75, 3.05) is 26.7 Å². The minimum absolute atomic E-state index is 0.00592. The Morgan fingerprint density at radius 1 is 1.35 bits per heavy atom. The van der Waals surface area contributed by atoms with E-state index in [1.165, 1.54) is 19.2 Å². The first-order valence-electron chi connectivity index (χ1n) is 10.6. The predicted octanol–water partition coefficient (Wildman–Crippen LogP) is 3.92. The Bertz CT molecular complexity index is 1030. The standard InChI is InChI=1S/C24H26ClFN2O3/c1-14-16(10-15-5-6-19(21(26)11-15)23(29)27-2)12-20-18(22(14)25)7-8-28(24(20)30)13-17-4-3-9-31-17/h5-6,11-12,17H,3-4,7-10,13H2,1-2H3,(H,27,29). The van der Waals surface area contributed by atoms with Crippen LogP contribution >= 0.6 is 11.6 Å². The maximum Gasteiger partial charge on any atom is 0.254 e. The third kappa shape index (κ3) is 4.32. The Balaban J connectivity index is 1.61. The van der Waals surface area contributed by atoms with Gasteiger partial charge in [-0.15, -0.1) is 0 Å². The van der Waals surface area contributed by atoms with Crippen molar-refractivity contribution in [3.05, 3.63) is 68.5 Å². The van der Waals surface area contributed by atoms with Gasteiger partial charge < -0.3 is 15.0 Å². The van der Waals surface area contributed by atoms with Gasteiger partial charge in [-0.1, -0.05) is 17.7 Å². The molecule has 0 aliphatic carbocycles. The van der Waals surface area contributed by atoms with Gasteiger partial charge in [0, 0.05) is 37.3 Å². The summed E-state index contributed by atoms with van der Waals surface area (Å²) in [5.74, 6) is -1.06. The Morgan fingerprint density at radius 2 is 2.16 bits per heavy atom. The lowest BCUT2D eigenvalue weighted by Crippen LogP contribution is -2.42. The average Bonchev–Trinajstić information content (AvgIpc) is 3.27. The Labute approximate surface area is 186 Å². The maximum absolute atomic E-state index is 14.4. The fraction of sp³-hybridized carbons (Fsp3) is 0.417. The fourth-order valence-corrected chi connectivity index (χ4v) is 4.73. The summed E-state index contributed by atoms with van der Waals surface area (Å²) in [4.78, 5) is 26.8. The normalized spacial score (nSPS) is 18.3. The van der Waals surface area contributed by atoms with Crippen molar-refractivity contribution in [2.45, 2.75) is 38.7 Å². The molecular weight excluding hydrogens is 419 g/mol. The molecule has 2 amide bonds. The van der Waals surface area contributed by atoms with Crippen molar-refractivity contribution in [3.63, 3.8) is 0 Å². The van der Waals surface area contributed by atoms with Crippen LogP contribution in [-0.4, -0.2) is 49.6 Å². The number of benzene rings is 2.